The number of aryl methyl sites for hydroxylation is 2. The van der Waals surface area contributed by atoms with E-state index in [0.717, 1.165) is 0 Å². The van der Waals surface area contributed by atoms with Gasteiger partial charge >= 0.3 is 0 Å². The lowest BCUT2D eigenvalue weighted by atomic mass is 10.2. The highest BCUT2D eigenvalue weighted by Gasteiger charge is 2.13. The van der Waals surface area contributed by atoms with Gasteiger partial charge in [-0.15, -0.1) is 0 Å². The molecule has 2 heterocycles. The summed E-state index contributed by atoms with van der Waals surface area (Å²) in [5, 5.41) is 37.9. The van der Waals surface area contributed by atoms with Gasteiger partial charge in [0.15, 0.2) is 24.8 Å². The third kappa shape index (κ3) is 2.76. The molecule has 7 heteroatoms. The van der Waals surface area contributed by atoms with Crippen molar-refractivity contribution in [1.29, 1.82) is 0 Å². The summed E-state index contributed by atoms with van der Waals surface area (Å²) in [5.41, 5.74) is 1.79. The van der Waals surface area contributed by atoms with Gasteiger partial charge in [-0.2, -0.15) is 9.46 Å². The highest BCUT2D eigenvalue weighted by molar-refractivity contribution is 5.41. The molecule has 0 spiro atoms. The summed E-state index contributed by atoms with van der Waals surface area (Å²) in [6.45, 7) is 3.33. The normalized spacial score (nSPS) is 11.6. The van der Waals surface area contributed by atoms with Gasteiger partial charge in [-0.05, 0) is 18.7 Å². The lowest BCUT2D eigenvalue weighted by Gasteiger charge is -2.04. The van der Waals surface area contributed by atoms with Gasteiger partial charge in [-0.1, -0.05) is 0 Å². The second-order valence-electron chi connectivity index (χ2n) is 4.12. The number of rotatable bonds is 2. The molecule has 0 N–H and O–H groups in total. The van der Waals surface area contributed by atoms with E-state index in [0.29, 0.717) is 31.1 Å². The molecular weight excluding hydrogens is 248 g/mol. The maximum absolute atomic E-state index is 11.9. The first-order chi connectivity index (χ1) is 8.97. The van der Waals surface area contributed by atoms with Crippen molar-refractivity contribution in [3.05, 3.63) is 63.7 Å². The number of azo groups is 1. The van der Waals surface area contributed by atoms with Gasteiger partial charge in [-0.3, -0.25) is 0 Å². The molecule has 2 aromatic rings. The SMILES string of the molecule is Cc1c[n+]([O-])ccc1N=[N+]([O-])c1cc[n+]([O-])cc1C. The predicted molar refractivity (Wildman–Crippen MR) is 65.7 cm³/mol. The summed E-state index contributed by atoms with van der Waals surface area (Å²) in [7, 11) is 0. The fourth-order valence-corrected chi connectivity index (χ4v) is 1.63. The van der Waals surface area contributed by atoms with Gasteiger partial charge in [0, 0.05) is 16.7 Å². The van der Waals surface area contributed by atoms with E-state index in [1.54, 1.807) is 13.8 Å². The van der Waals surface area contributed by atoms with Crippen molar-refractivity contribution in [1.82, 2.24) is 0 Å². The fourth-order valence-electron chi connectivity index (χ4n) is 1.63. The quantitative estimate of drug-likeness (QED) is 0.354. The Morgan fingerprint density at radius 2 is 1.58 bits per heavy atom. The second-order valence-corrected chi connectivity index (χ2v) is 4.12. The van der Waals surface area contributed by atoms with Gasteiger partial charge in [0.1, 0.15) is 5.69 Å². The molecule has 2 rings (SSSR count). The van der Waals surface area contributed by atoms with Crippen LogP contribution in [0.3, 0.4) is 0 Å². The van der Waals surface area contributed by atoms with Gasteiger partial charge in [-0.25, -0.2) is 0 Å². The van der Waals surface area contributed by atoms with E-state index < -0.39 is 0 Å². The topological polar surface area (TPSA) is 92.3 Å². The molecule has 0 bridgehead atoms. The van der Waals surface area contributed by atoms with Gasteiger partial charge < -0.3 is 15.6 Å². The maximum atomic E-state index is 11.9. The molecule has 98 valence electrons. The van der Waals surface area contributed by atoms with Crippen molar-refractivity contribution in [2.45, 2.75) is 13.8 Å². The molecule has 0 atom stereocenters. The highest BCUT2D eigenvalue weighted by atomic mass is 16.5. The number of pyridine rings is 2. The zero-order valence-corrected chi connectivity index (χ0v) is 10.5. The average molecular weight is 260 g/mol. The molecule has 0 unspecified atom stereocenters. The van der Waals surface area contributed by atoms with Crippen LogP contribution in [0.4, 0.5) is 11.4 Å². The lowest BCUT2D eigenvalue weighted by Crippen LogP contribution is -2.25. The van der Waals surface area contributed by atoms with E-state index in [9.17, 15) is 15.6 Å². The molecule has 0 aliphatic carbocycles. The Labute approximate surface area is 109 Å². The molecule has 0 aliphatic heterocycles. The van der Waals surface area contributed by atoms with E-state index in [1.807, 2.05) is 0 Å². The van der Waals surface area contributed by atoms with Crippen LogP contribution < -0.4 is 9.46 Å². The van der Waals surface area contributed by atoms with Gasteiger partial charge in [0.05, 0.1) is 11.6 Å². The Morgan fingerprint density at radius 3 is 2.16 bits per heavy atom. The van der Waals surface area contributed by atoms with E-state index in [-0.39, 0.29) is 5.69 Å². The Hall–Kier alpha value is -2.70. The minimum atomic E-state index is 0.283. The van der Waals surface area contributed by atoms with Crippen LogP contribution in [0.1, 0.15) is 11.1 Å². The standard InChI is InChI=1S/C12H12N4O3/c1-9-7-14(17)5-3-11(9)13-16(19)12-4-6-15(18)8-10(12)2/h3-8H,1-2H3. The van der Waals surface area contributed by atoms with E-state index >= 15 is 0 Å². The second kappa shape index (κ2) is 4.89. The molecule has 0 saturated carbocycles. The molecule has 0 amide bonds. The number of aromatic nitrogens is 2. The Balaban J connectivity index is 2.42. The summed E-state index contributed by atoms with van der Waals surface area (Å²) >= 11 is 0. The van der Waals surface area contributed by atoms with Gasteiger partial charge in [0.2, 0.25) is 0 Å². The molecule has 0 aliphatic rings. The fraction of sp³-hybridized carbons (Fsp3) is 0.167. The van der Waals surface area contributed by atoms with E-state index in [4.69, 9.17) is 0 Å². The summed E-state index contributed by atoms with van der Waals surface area (Å²) in [6.07, 6.45) is 5.12. The third-order valence-electron chi connectivity index (χ3n) is 2.61. The lowest BCUT2D eigenvalue weighted by molar-refractivity contribution is -0.606. The smallest absolute Gasteiger partial charge is 0.259 e. The van der Waals surface area contributed by atoms with Crippen molar-refractivity contribution in [3.8, 4) is 0 Å². The zero-order chi connectivity index (χ0) is 14.0. The monoisotopic (exact) mass is 260 g/mol. The minimum Gasteiger partial charge on any atom is -0.619 e. The number of nitrogens with zero attached hydrogens (tertiary/aromatic N) is 4. The van der Waals surface area contributed by atoms with Crippen molar-refractivity contribution < 1.29 is 14.3 Å². The Kier molecular flexibility index (Phi) is 3.28. The largest absolute Gasteiger partial charge is 0.619 e. The average Bonchev–Trinajstić information content (AvgIpc) is 2.32. The molecule has 7 nitrogen and oxygen atoms in total. The summed E-state index contributed by atoms with van der Waals surface area (Å²) in [5.74, 6) is 0. The summed E-state index contributed by atoms with van der Waals surface area (Å²) in [6, 6.07) is 2.85. The Bertz CT molecular complexity index is 655. The van der Waals surface area contributed by atoms with Crippen LogP contribution in [0, 0.1) is 29.5 Å². The zero-order valence-electron chi connectivity index (χ0n) is 10.5. The molecule has 19 heavy (non-hydrogen) atoms. The van der Waals surface area contributed by atoms with Crippen LogP contribution >= 0.6 is 0 Å². The van der Waals surface area contributed by atoms with Crippen molar-refractivity contribution in [2.75, 3.05) is 0 Å². The maximum Gasteiger partial charge on any atom is 0.259 e. The predicted octanol–water partition coefficient (Wildman–Crippen LogP) is 1.50. The minimum absolute atomic E-state index is 0.283. The molecular formula is C12H12N4O3. The van der Waals surface area contributed by atoms with Crippen molar-refractivity contribution >= 4 is 11.4 Å². The van der Waals surface area contributed by atoms with E-state index in [1.165, 1.54) is 36.9 Å². The number of hydrogen-bond acceptors (Lipinski definition) is 4. The highest BCUT2D eigenvalue weighted by Crippen LogP contribution is 2.21. The van der Waals surface area contributed by atoms with Gasteiger partial charge in [0.25, 0.3) is 5.69 Å². The Morgan fingerprint density at radius 1 is 1.00 bits per heavy atom. The van der Waals surface area contributed by atoms with Crippen molar-refractivity contribution in [2.24, 2.45) is 5.11 Å². The van der Waals surface area contributed by atoms with Crippen LogP contribution in [0.5, 0.6) is 0 Å². The molecule has 0 radical (unpaired) electrons. The molecule has 0 aromatic carbocycles. The first-order valence-corrected chi connectivity index (χ1v) is 5.55. The molecule has 0 fully saturated rings. The third-order valence-corrected chi connectivity index (χ3v) is 2.61. The summed E-state index contributed by atoms with van der Waals surface area (Å²) in [4.78, 5) is 0.437. The number of hydrogen-bond donors (Lipinski definition) is 0. The van der Waals surface area contributed by atoms with Crippen LogP contribution in [-0.4, -0.2) is 4.86 Å². The first kappa shape index (κ1) is 12.7. The molecule has 2 aromatic heterocycles. The van der Waals surface area contributed by atoms with E-state index in [2.05, 4.69) is 5.11 Å². The van der Waals surface area contributed by atoms with Crippen LogP contribution in [0.2, 0.25) is 0 Å². The molecule has 0 saturated heterocycles. The van der Waals surface area contributed by atoms with Crippen LogP contribution in [-0.2, 0) is 0 Å². The van der Waals surface area contributed by atoms with Crippen LogP contribution in [0.25, 0.3) is 0 Å². The van der Waals surface area contributed by atoms with Crippen molar-refractivity contribution in [3.63, 3.8) is 0 Å². The van der Waals surface area contributed by atoms with Crippen LogP contribution in [0.15, 0.2) is 42.0 Å². The summed E-state index contributed by atoms with van der Waals surface area (Å²) < 4.78 is 1.25. The first-order valence-electron chi connectivity index (χ1n) is 5.55.